The highest BCUT2D eigenvalue weighted by Gasteiger charge is 2.14. The number of aromatic nitrogens is 6. The second-order valence-electron chi connectivity index (χ2n) is 4.00. The third-order valence-electron chi connectivity index (χ3n) is 2.82. The van der Waals surface area contributed by atoms with Crippen LogP contribution >= 0.6 is 0 Å². The molecule has 2 rings (SSSR count). The fraction of sp³-hybridized carbons (Fsp3) is 0.500. The molecule has 0 aliphatic rings. The van der Waals surface area contributed by atoms with Gasteiger partial charge in [0.05, 0.1) is 0 Å². The van der Waals surface area contributed by atoms with Crippen molar-refractivity contribution >= 4 is 11.9 Å². The van der Waals surface area contributed by atoms with Crippen LogP contribution in [-0.4, -0.2) is 42.8 Å². The molecule has 0 saturated heterocycles. The standard InChI is InChI=1S/C10H16N8/c1-4-7(2)17(3)9-14-8(11)15-10(16-9)18-6-12-5-13-18/h5-7H,4H2,1-3H3,(H2,11,14,15,16). The maximum Gasteiger partial charge on any atom is 0.258 e. The normalized spacial score (nSPS) is 12.4. The van der Waals surface area contributed by atoms with Crippen LogP contribution in [0.5, 0.6) is 0 Å². The lowest BCUT2D eigenvalue weighted by atomic mass is 10.2. The zero-order valence-corrected chi connectivity index (χ0v) is 10.6. The first-order valence-corrected chi connectivity index (χ1v) is 5.71. The van der Waals surface area contributed by atoms with Crippen LogP contribution in [0.15, 0.2) is 12.7 Å². The van der Waals surface area contributed by atoms with E-state index in [9.17, 15) is 0 Å². The highest BCUT2D eigenvalue weighted by atomic mass is 15.4. The lowest BCUT2D eigenvalue weighted by Gasteiger charge is -2.23. The van der Waals surface area contributed by atoms with Crippen molar-refractivity contribution in [1.29, 1.82) is 0 Å². The van der Waals surface area contributed by atoms with Crippen molar-refractivity contribution in [3.8, 4) is 5.95 Å². The van der Waals surface area contributed by atoms with Gasteiger partial charge in [-0.05, 0) is 13.3 Å². The van der Waals surface area contributed by atoms with Crippen molar-refractivity contribution < 1.29 is 0 Å². The first-order valence-electron chi connectivity index (χ1n) is 5.71. The summed E-state index contributed by atoms with van der Waals surface area (Å²) < 4.78 is 1.45. The Hall–Kier alpha value is -2.25. The van der Waals surface area contributed by atoms with Gasteiger partial charge in [-0.3, -0.25) is 0 Å². The van der Waals surface area contributed by atoms with Crippen LogP contribution < -0.4 is 10.6 Å². The van der Waals surface area contributed by atoms with Gasteiger partial charge in [-0.25, -0.2) is 4.98 Å². The number of rotatable bonds is 4. The van der Waals surface area contributed by atoms with Gasteiger partial charge in [0.25, 0.3) is 5.95 Å². The number of nitrogens with two attached hydrogens (primary N) is 1. The largest absolute Gasteiger partial charge is 0.368 e. The van der Waals surface area contributed by atoms with Crippen molar-refractivity contribution in [3.05, 3.63) is 12.7 Å². The van der Waals surface area contributed by atoms with Crippen LogP contribution in [0.3, 0.4) is 0 Å². The lowest BCUT2D eigenvalue weighted by Crippen LogP contribution is -2.30. The SMILES string of the molecule is CCC(C)N(C)c1nc(N)nc(-n2cncn2)n1. The highest BCUT2D eigenvalue weighted by molar-refractivity contribution is 5.37. The van der Waals surface area contributed by atoms with Gasteiger partial charge < -0.3 is 10.6 Å². The van der Waals surface area contributed by atoms with Crippen LogP contribution in [0.1, 0.15) is 20.3 Å². The molecule has 8 heteroatoms. The molecule has 0 fully saturated rings. The number of hydrogen-bond donors (Lipinski definition) is 1. The summed E-state index contributed by atoms with van der Waals surface area (Å²) in [6.45, 7) is 4.19. The average molecular weight is 248 g/mol. The van der Waals surface area contributed by atoms with Gasteiger partial charge in [0.2, 0.25) is 11.9 Å². The predicted octanol–water partition coefficient (Wildman–Crippen LogP) is 0.269. The molecule has 0 aliphatic carbocycles. The Morgan fingerprint density at radius 3 is 2.78 bits per heavy atom. The first-order chi connectivity index (χ1) is 8.61. The van der Waals surface area contributed by atoms with Crippen LogP contribution in [-0.2, 0) is 0 Å². The molecule has 2 aromatic rings. The van der Waals surface area contributed by atoms with Crippen LogP contribution in [0.25, 0.3) is 5.95 Å². The van der Waals surface area contributed by atoms with Gasteiger partial charge >= 0.3 is 0 Å². The summed E-state index contributed by atoms with van der Waals surface area (Å²) in [5, 5.41) is 3.97. The van der Waals surface area contributed by atoms with Gasteiger partial charge in [0.15, 0.2) is 0 Å². The molecule has 2 N–H and O–H groups in total. The number of anilines is 2. The van der Waals surface area contributed by atoms with E-state index in [1.807, 2.05) is 11.9 Å². The van der Waals surface area contributed by atoms with Crippen molar-refractivity contribution in [2.45, 2.75) is 26.3 Å². The summed E-state index contributed by atoms with van der Waals surface area (Å²) in [6, 6.07) is 0.315. The third kappa shape index (κ3) is 2.36. The van der Waals surface area contributed by atoms with E-state index in [0.717, 1.165) is 6.42 Å². The molecule has 2 heterocycles. The molecule has 0 aliphatic heterocycles. The lowest BCUT2D eigenvalue weighted by molar-refractivity contribution is 0.643. The Kier molecular flexibility index (Phi) is 3.35. The summed E-state index contributed by atoms with van der Waals surface area (Å²) in [4.78, 5) is 18.3. The molecule has 2 aromatic heterocycles. The second-order valence-corrected chi connectivity index (χ2v) is 4.00. The van der Waals surface area contributed by atoms with E-state index >= 15 is 0 Å². The van der Waals surface area contributed by atoms with E-state index < -0.39 is 0 Å². The summed E-state index contributed by atoms with van der Waals surface area (Å²) in [7, 11) is 1.92. The minimum atomic E-state index is 0.167. The van der Waals surface area contributed by atoms with Crippen LogP contribution in [0, 0.1) is 0 Å². The van der Waals surface area contributed by atoms with Crippen molar-refractivity contribution in [3.63, 3.8) is 0 Å². The average Bonchev–Trinajstić information content (AvgIpc) is 2.90. The van der Waals surface area contributed by atoms with Gasteiger partial charge in [-0.1, -0.05) is 6.92 Å². The van der Waals surface area contributed by atoms with Crippen molar-refractivity contribution in [1.82, 2.24) is 29.7 Å². The minimum Gasteiger partial charge on any atom is -0.368 e. The molecule has 8 nitrogen and oxygen atoms in total. The van der Waals surface area contributed by atoms with E-state index in [1.54, 1.807) is 0 Å². The summed E-state index contributed by atoms with van der Waals surface area (Å²) in [6.07, 6.45) is 3.92. The monoisotopic (exact) mass is 248 g/mol. The molecular weight excluding hydrogens is 232 g/mol. The smallest absolute Gasteiger partial charge is 0.258 e. The summed E-state index contributed by atoms with van der Waals surface area (Å²) >= 11 is 0. The molecule has 1 atom stereocenters. The van der Waals surface area contributed by atoms with Crippen LogP contribution in [0.4, 0.5) is 11.9 Å². The quantitative estimate of drug-likeness (QED) is 0.829. The fourth-order valence-corrected chi connectivity index (χ4v) is 1.41. The molecule has 96 valence electrons. The van der Waals surface area contributed by atoms with Gasteiger partial charge in [0.1, 0.15) is 12.7 Å². The van der Waals surface area contributed by atoms with E-state index in [-0.39, 0.29) is 5.95 Å². The Bertz CT molecular complexity index is 509. The maximum absolute atomic E-state index is 5.69. The van der Waals surface area contributed by atoms with Gasteiger partial charge in [0, 0.05) is 13.1 Å². The molecule has 0 radical (unpaired) electrons. The van der Waals surface area contributed by atoms with Crippen molar-refractivity contribution in [2.75, 3.05) is 17.7 Å². The molecule has 0 amide bonds. The van der Waals surface area contributed by atoms with E-state index in [1.165, 1.54) is 17.3 Å². The van der Waals surface area contributed by atoms with E-state index in [4.69, 9.17) is 5.73 Å². The Labute approximate surface area is 105 Å². The molecule has 1 unspecified atom stereocenters. The zero-order chi connectivity index (χ0) is 13.1. The predicted molar refractivity (Wildman–Crippen MR) is 67.3 cm³/mol. The summed E-state index contributed by atoms with van der Waals surface area (Å²) in [5.41, 5.74) is 5.69. The molecular formula is C10H16N8. The Balaban J connectivity index is 2.38. The molecule has 0 spiro atoms. The van der Waals surface area contributed by atoms with E-state index in [0.29, 0.717) is 17.9 Å². The van der Waals surface area contributed by atoms with Gasteiger partial charge in [-0.2, -0.15) is 24.7 Å². The second kappa shape index (κ2) is 4.94. The molecule has 0 aromatic carbocycles. The Morgan fingerprint density at radius 1 is 1.39 bits per heavy atom. The first kappa shape index (κ1) is 12.2. The number of nitrogens with zero attached hydrogens (tertiary/aromatic N) is 7. The fourth-order valence-electron chi connectivity index (χ4n) is 1.41. The molecule has 0 saturated carbocycles. The van der Waals surface area contributed by atoms with E-state index in [2.05, 4.69) is 38.9 Å². The molecule has 18 heavy (non-hydrogen) atoms. The number of hydrogen-bond acceptors (Lipinski definition) is 7. The third-order valence-corrected chi connectivity index (χ3v) is 2.82. The minimum absolute atomic E-state index is 0.167. The maximum atomic E-state index is 5.69. The van der Waals surface area contributed by atoms with Crippen LogP contribution in [0.2, 0.25) is 0 Å². The summed E-state index contributed by atoms with van der Waals surface area (Å²) in [5.74, 6) is 1.06. The topological polar surface area (TPSA) is 98.6 Å². The highest BCUT2D eigenvalue weighted by Crippen LogP contribution is 2.13. The zero-order valence-electron chi connectivity index (χ0n) is 10.6. The number of nitrogen functional groups attached to an aromatic ring is 1. The molecule has 0 bridgehead atoms. The Morgan fingerprint density at radius 2 is 2.17 bits per heavy atom. The van der Waals surface area contributed by atoms with Crippen molar-refractivity contribution in [2.24, 2.45) is 0 Å². The van der Waals surface area contributed by atoms with Gasteiger partial charge in [-0.15, -0.1) is 0 Å².